The highest BCUT2D eigenvalue weighted by Gasteiger charge is 2.33. The van der Waals surface area contributed by atoms with E-state index in [0.29, 0.717) is 29.2 Å². The van der Waals surface area contributed by atoms with E-state index in [1.165, 1.54) is 0 Å². The number of nitrogens with one attached hydrogen (secondary N) is 3. The van der Waals surface area contributed by atoms with E-state index in [1.807, 2.05) is 31.2 Å². The summed E-state index contributed by atoms with van der Waals surface area (Å²) in [5.74, 6) is 2.25. The number of ether oxygens (including phenoxy) is 1. The molecule has 3 N–H and O–H groups in total. The van der Waals surface area contributed by atoms with E-state index in [-0.39, 0.29) is 37.1 Å². The lowest BCUT2D eigenvalue weighted by atomic mass is 10.2. The number of aromatic nitrogens is 4. The highest BCUT2D eigenvalue weighted by Crippen LogP contribution is 2.29. The van der Waals surface area contributed by atoms with Crippen molar-refractivity contribution in [3.8, 4) is 17.1 Å². The molecule has 8 nitrogen and oxygen atoms in total. The summed E-state index contributed by atoms with van der Waals surface area (Å²) in [5, 5.41) is 14.3. The second-order valence-electron chi connectivity index (χ2n) is 6.01. The maximum atomic E-state index is 12.7. The Kier molecular flexibility index (Phi) is 9.03. The quantitative estimate of drug-likeness (QED) is 0.228. The molecule has 13 heteroatoms. The zero-order chi connectivity index (χ0) is 21.6. The Labute approximate surface area is 197 Å². The molecule has 3 rings (SSSR count). The average molecular weight is 567 g/mol. The first-order valence-electron chi connectivity index (χ1n) is 8.98. The number of H-pyrrole nitrogens is 1. The molecule has 0 atom stereocenters. The fourth-order valence-electron chi connectivity index (χ4n) is 2.41. The van der Waals surface area contributed by atoms with Crippen LogP contribution in [0.3, 0.4) is 0 Å². The predicted molar refractivity (Wildman–Crippen MR) is 123 cm³/mol. The maximum Gasteiger partial charge on any atom is 0.434 e. The van der Waals surface area contributed by atoms with Crippen LogP contribution in [0.4, 0.5) is 13.2 Å². The Morgan fingerprint density at radius 3 is 2.55 bits per heavy atom. The molecule has 0 saturated heterocycles. The number of guanidine groups is 1. The van der Waals surface area contributed by atoms with Gasteiger partial charge in [-0.05, 0) is 31.2 Å². The third-order valence-electron chi connectivity index (χ3n) is 3.86. The van der Waals surface area contributed by atoms with Gasteiger partial charge in [0, 0.05) is 17.5 Å². The standard InChI is InChI=1S/C18H20F3N7OS.HI/c1-3-22-17(24-9-15-25-13(10-30-15)18(19,20)21)23-8-14-26-16(28-27-14)11-4-6-12(29-2)7-5-11;/h4-7,10H,3,8-9H2,1-2H3,(H2,22,23,24)(H,26,27,28);1H. The van der Waals surface area contributed by atoms with Crippen molar-refractivity contribution >= 4 is 41.3 Å². The number of hydrogen-bond donors (Lipinski definition) is 3. The number of methoxy groups -OCH3 is 1. The number of rotatable bonds is 7. The summed E-state index contributed by atoms with van der Waals surface area (Å²) in [4.78, 5) is 12.4. The van der Waals surface area contributed by atoms with Gasteiger partial charge in [-0.15, -0.1) is 35.3 Å². The number of nitrogens with zero attached hydrogens (tertiary/aromatic N) is 4. The second kappa shape index (κ2) is 11.3. The SMILES string of the molecule is CCNC(=NCc1nc(-c2ccc(OC)cc2)n[nH]1)NCc1nc(C(F)(F)F)cs1.I. The van der Waals surface area contributed by atoms with Crippen LogP contribution in [0.5, 0.6) is 5.75 Å². The molecular weight excluding hydrogens is 546 g/mol. The molecule has 1 aromatic carbocycles. The number of thiazole rings is 1. The van der Waals surface area contributed by atoms with Crippen molar-refractivity contribution in [2.75, 3.05) is 13.7 Å². The van der Waals surface area contributed by atoms with Gasteiger partial charge in [0.1, 0.15) is 23.1 Å². The van der Waals surface area contributed by atoms with E-state index in [4.69, 9.17) is 4.74 Å². The van der Waals surface area contributed by atoms with E-state index in [9.17, 15) is 13.2 Å². The lowest BCUT2D eigenvalue weighted by Gasteiger charge is -2.09. The lowest BCUT2D eigenvalue weighted by molar-refractivity contribution is -0.140. The average Bonchev–Trinajstić information content (AvgIpc) is 3.40. The zero-order valence-corrected chi connectivity index (χ0v) is 19.8. The van der Waals surface area contributed by atoms with Gasteiger partial charge in [-0.1, -0.05) is 0 Å². The van der Waals surface area contributed by atoms with Crippen LogP contribution in [-0.2, 0) is 19.3 Å². The third-order valence-corrected chi connectivity index (χ3v) is 4.71. The lowest BCUT2D eigenvalue weighted by Crippen LogP contribution is -2.36. The van der Waals surface area contributed by atoms with Crippen molar-refractivity contribution < 1.29 is 17.9 Å². The number of hydrogen-bond acceptors (Lipinski definition) is 6. The first-order chi connectivity index (χ1) is 14.4. The van der Waals surface area contributed by atoms with Crippen LogP contribution >= 0.6 is 35.3 Å². The predicted octanol–water partition coefficient (Wildman–Crippen LogP) is 3.83. The van der Waals surface area contributed by atoms with Crippen LogP contribution in [0.25, 0.3) is 11.4 Å². The molecule has 0 saturated carbocycles. The van der Waals surface area contributed by atoms with Crippen LogP contribution in [-0.4, -0.2) is 39.8 Å². The van der Waals surface area contributed by atoms with Crippen molar-refractivity contribution in [3.05, 3.63) is 46.2 Å². The van der Waals surface area contributed by atoms with Crippen molar-refractivity contribution in [2.24, 2.45) is 4.99 Å². The van der Waals surface area contributed by atoms with Gasteiger partial charge in [0.05, 0.1) is 13.7 Å². The van der Waals surface area contributed by atoms with Gasteiger partial charge in [-0.3, -0.25) is 5.10 Å². The van der Waals surface area contributed by atoms with E-state index in [2.05, 4.69) is 35.8 Å². The molecule has 0 aliphatic rings. The van der Waals surface area contributed by atoms with Gasteiger partial charge < -0.3 is 15.4 Å². The molecule has 0 radical (unpaired) electrons. The van der Waals surface area contributed by atoms with Gasteiger partial charge >= 0.3 is 6.18 Å². The zero-order valence-electron chi connectivity index (χ0n) is 16.7. The smallest absolute Gasteiger partial charge is 0.434 e. The number of benzene rings is 1. The summed E-state index contributed by atoms with van der Waals surface area (Å²) >= 11 is 0.941. The fraction of sp³-hybridized carbons (Fsp3) is 0.333. The normalized spacial score (nSPS) is 11.7. The molecule has 0 spiro atoms. The molecule has 0 bridgehead atoms. The van der Waals surface area contributed by atoms with Gasteiger partial charge in [0.15, 0.2) is 17.5 Å². The van der Waals surface area contributed by atoms with Crippen LogP contribution in [0.2, 0.25) is 0 Å². The van der Waals surface area contributed by atoms with Gasteiger partial charge in [-0.2, -0.15) is 18.3 Å². The summed E-state index contributed by atoms with van der Waals surface area (Å²) in [6.07, 6.45) is -4.44. The highest BCUT2D eigenvalue weighted by molar-refractivity contribution is 14.0. The Morgan fingerprint density at radius 1 is 1.19 bits per heavy atom. The highest BCUT2D eigenvalue weighted by atomic mass is 127. The largest absolute Gasteiger partial charge is 0.497 e. The Morgan fingerprint density at radius 2 is 1.94 bits per heavy atom. The van der Waals surface area contributed by atoms with E-state index in [1.54, 1.807) is 7.11 Å². The van der Waals surface area contributed by atoms with E-state index in [0.717, 1.165) is 28.0 Å². The summed E-state index contributed by atoms with van der Waals surface area (Å²) in [5.41, 5.74) is -0.0597. The molecule has 168 valence electrons. The summed E-state index contributed by atoms with van der Waals surface area (Å²) in [6.45, 7) is 2.81. The molecule has 0 unspecified atom stereocenters. The first kappa shape index (κ1) is 24.8. The molecule has 3 aromatic rings. The van der Waals surface area contributed by atoms with Crippen molar-refractivity contribution in [2.45, 2.75) is 26.2 Å². The summed E-state index contributed by atoms with van der Waals surface area (Å²) < 4.78 is 43.1. The maximum absolute atomic E-state index is 12.7. The van der Waals surface area contributed by atoms with Crippen molar-refractivity contribution in [3.63, 3.8) is 0 Å². The van der Waals surface area contributed by atoms with E-state index < -0.39 is 11.9 Å². The molecular formula is C18H21F3IN7OS. The molecule has 2 aromatic heterocycles. The third kappa shape index (κ3) is 7.05. The number of aromatic amines is 1. The topological polar surface area (TPSA) is 100 Å². The van der Waals surface area contributed by atoms with Crippen LogP contribution < -0.4 is 15.4 Å². The number of halogens is 4. The molecule has 0 aliphatic carbocycles. The van der Waals surface area contributed by atoms with Gasteiger partial charge in [0.25, 0.3) is 0 Å². The van der Waals surface area contributed by atoms with Crippen molar-refractivity contribution in [1.29, 1.82) is 0 Å². The minimum atomic E-state index is -4.44. The summed E-state index contributed by atoms with van der Waals surface area (Å²) in [7, 11) is 1.59. The van der Waals surface area contributed by atoms with Gasteiger partial charge in [0.2, 0.25) is 0 Å². The monoisotopic (exact) mass is 567 g/mol. The number of alkyl halides is 3. The molecule has 31 heavy (non-hydrogen) atoms. The molecule has 0 amide bonds. The molecule has 0 fully saturated rings. The van der Waals surface area contributed by atoms with Crippen molar-refractivity contribution in [1.82, 2.24) is 30.8 Å². The van der Waals surface area contributed by atoms with Gasteiger partial charge in [-0.25, -0.2) is 15.0 Å². The molecule has 0 aliphatic heterocycles. The second-order valence-corrected chi connectivity index (χ2v) is 6.95. The fourth-order valence-corrected chi connectivity index (χ4v) is 3.15. The van der Waals surface area contributed by atoms with E-state index >= 15 is 0 Å². The minimum absolute atomic E-state index is 0. The van der Waals surface area contributed by atoms with Crippen LogP contribution in [0.15, 0.2) is 34.6 Å². The van der Waals surface area contributed by atoms with Crippen LogP contribution in [0, 0.1) is 0 Å². The Hall–Kier alpha value is -2.42. The summed E-state index contributed by atoms with van der Waals surface area (Å²) in [6, 6.07) is 7.34. The molecule has 2 heterocycles. The number of aliphatic imine (C=N–C) groups is 1. The Balaban J connectivity index is 0.00000341. The first-order valence-corrected chi connectivity index (χ1v) is 9.86. The minimum Gasteiger partial charge on any atom is -0.497 e. The van der Waals surface area contributed by atoms with Crippen LogP contribution in [0.1, 0.15) is 23.4 Å². The Bertz CT molecular complexity index is 989.